The van der Waals surface area contributed by atoms with Crippen molar-refractivity contribution < 1.29 is 4.79 Å². The number of anilines is 1. The fraction of sp³-hybridized carbons (Fsp3) is 0.700. The van der Waals surface area contributed by atoms with E-state index in [4.69, 9.17) is 5.73 Å². The summed E-state index contributed by atoms with van der Waals surface area (Å²) in [5, 5.41) is 3.89. The fourth-order valence-corrected chi connectivity index (χ4v) is 1.52. The van der Waals surface area contributed by atoms with Crippen LogP contribution in [0.1, 0.15) is 26.7 Å². The van der Waals surface area contributed by atoms with Crippen molar-refractivity contribution in [1.82, 2.24) is 19.7 Å². The number of carbonyl (C=O) groups excluding carboxylic acids is 1. The van der Waals surface area contributed by atoms with Crippen LogP contribution in [0.25, 0.3) is 0 Å². The van der Waals surface area contributed by atoms with Crippen LogP contribution in [0.2, 0.25) is 0 Å². The summed E-state index contributed by atoms with van der Waals surface area (Å²) in [6, 6.07) is 0. The zero-order chi connectivity index (χ0) is 12.0. The van der Waals surface area contributed by atoms with E-state index in [-0.39, 0.29) is 18.4 Å². The Hall–Kier alpha value is -1.59. The van der Waals surface area contributed by atoms with Crippen molar-refractivity contribution in [3.8, 4) is 0 Å². The zero-order valence-electron chi connectivity index (χ0n) is 9.89. The molecule has 0 saturated heterocycles. The van der Waals surface area contributed by atoms with Gasteiger partial charge in [0.15, 0.2) is 0 Å². The highest BCUT2D eigenvalue weighted by Crippen LogP contribution is 1.98. The molecule has 0 unspecified atom stereocenters. The number of carbonyl (C=O) groups is 1. The zero-order valence-corrected chi connectivity index (χ0v) is 9.89. The van der Waals surface area contributed by atoms with Gasteiger partial charge in [0.2, 0.25) is 11.9 Å². The first kappa shape index (κ1) is 12.5. The van der Waals surface area contributed by atoms with E-state index in [0.29, 0.717) is 0 Å². The van der Waals surface area contributed by atoms with E-state index >= 15 is 0 Å². The molecule has 90 valence electrons. The van der Waals surface area contributed by atoms with Gasteiger partial charge in [0, 0.05) is 13.1 Å². The highest BCUT2D eigenvalue weighted by Gasteiger charge is 2.12. The molecule has 1 aromatic rings. The predicted octanol–water partition coefficient (Wildman–Crippen LogP) is 0.509. The van der Waals surface area contributed by atoms with Crippen LogP contribution in [0.15, 0.2) is 6.33 Å². The van der Waals surface area contributed by atoms with Gasteiger partial charge in [-0.15, -0.1) is 5.10 Å². The van der Waals surface area contributed by atoms with Gasteiger partial charge in [0.25, 0.3) is 0 Å². The van der Waals surface area contributed by atoms with Crippen molar-refractivity contribution in [2.75, 3.05) is 18.8 Å². The maximum atomic E-state index is 11.9. The second-order valence-corrected chi connectivity index (χ2v) is 3.68. The van der Waals surface area contributed by atoms with E-state index in [0.717, 1.165) is 25.9 Å². The predicted molar refractivity (Wildman–Crippen MR) is 61.6 cm³/mol. The summed E-state index contributed by atoms with van der Waals surface area (Å²) >= 11 is 0. The molecule has 0 aromatic carbocycles. The van der Waals surface area contributed by atoms with Crippen molar-refractivity contribution in [2.24, 2.45) is 0 Å². The lowest BCUT2D eigenvalue weighted by Gasteiger charge is -2.21. The average Bonchev–Trinajstić information content (AvgIpc) is 2.63. The Balaban J connectivity index is 2.54. The molecular formula is C10H19N5O. The number of nitrogens with zero attached hydrogens (tertiary/aromatic N) is 4. The van der Waals surface area contributed by atoms with Gasteiger partial charge in [-0.3, -0.25) is 4.79 Å². The summed E-state index contributed by atoms with van der Waals surface area (Å²) in [7, 11) is 0. The van der Waals surface area contributed by atoms with Crippen molar-refractivity contribution in [2.45, 2.75) is 33.2 Å². The molecule has 0 bridgehead atoms. The van der Waals surface area contributed by atoms with Crippen molar-refractivity contribution in [1.29, 1.82) is 0 Å². The molecule has 2 N–H and O–H groups in total. The minimum Gasteiger partial charge on any atom is -0.367 e. The van der Waals surface area contributed by atoms with Crippen LogP contribution in [0.5, 0.6) is 0 Å². The highest BCUT2D eigenvalue weighted by molar-refractivity contribution is 5.75. The number of hydrogen-bond acceptors (Lipinski definition) is 4. The number of nitrogens with two attached hydrogens (primary N) is 1. The Morgan fingerprint density at radius 1 is 1.44 bits per heavy atom. The Labute approximate surface area is 95.4 Å². The summed E-state index contributed by atoms with van der Waals surface area (Å²) in [4.78, 5) is 17.5. The first-order chi connectivity index (χ1) is 7.67. The number of amides is 1. The van der Waals surface area contributed by atoms with Crippen LogP contribution in [0.3, 0.4) is 0 Å². The Kier molecular flexibility index (Phi) is 4.75. The SMILES string of the molecule is CCCN(CCC)C(=O)Cn1cnc(N)n1. The van der Waals surface area contributed by atoms with Crippen molar-refractivity contribution in [3.63, 3.8) is 0 Å². The number of hydrogen-bond donors (Lipinski definition) is 1. The average molecular weight is 225 g/mol. The molecule has 0 atom stereocenters. The quantitative estimate of drug-likeness (QED) is 0.765. The molecular weight excluding hydrogens is 206 g/mol. The van der Waals surface area contributed by atoms with Gasteiger partial charge >= 0.3 is 0 Å². The summed E-state index contributed by atoms with van der Waals surface area (Å²) < 4.78 is 1.47. The lowest BCUT2D eigenvalue weighted by Crippen LogP contribution is -2.35. The van der Waals surface area contributed by atoms with Crippen molar-refractivity contribution >= 4 is 11.9 Å². The minimum atomic E-state index is 0.0635. The van der Waals surface area contributed by atoms with E-state index in [1.165, 1.54) is 11.0 Å². The smallest absolute Gasteiger partial charge is 0.244 e. The molecule has 6 heteroatoms. The molecule has 0 spiro atoms. The molecule has 0 aliphatic heterocycles. The standard InChI is InChI=1S/C10H19N5O/c1-3-5-14(6-4-2)9(16)7-15-8-12-10(11)13-15/h8H,3-7H2,1-2H3,(H2,11,13). The van der Waals surface area contributed by atoms with Crippen molar-refractivity contribution in [3.05, 3.63) is 6.33 Å². The normalized spacial score (nSPS) is 10.4. The van der Waals surface area contributed by atoms with Crippen LogP contribution >= 0.6 is 0 Å². The number of aromatic nitrogens is 3. The Morgan fingerprint density at radius 2 is 2.06 bits per heavy atom. The maximum absolute atomic E-state index is 11.9. The molecule has 6 nitrogen and oxygen atoms in total. The van der Waals surface area contributed by atoms with Gasteiger partial charge in [-0.1, -0.05) is 13.8 Å². The van der Waals surface area contributed by atoms with E-state index in [1.807, 2.05) is 4.90 Å². The molecule has 0 aliphatic carbocycles. The van der Waals surface area contributed by atoms with E-state index < -0.39 is 0 Å². The van der Waals surface area contributed by atoms with E-state index in [1.54, 1.807) is 0 Å². The second-order valence-electron chi connectivity index (χ2n) is 3.68. The molecule has 1 amide bonds. The lowest BCUT2D eigenvalue weighted by atomic mass is 10.3. The first-order valence-corrected chi connectivity index (χ1v) is 5.60. The molecule has 0 saturated carbocycles. The molecule has 1 aromatic heterocycles. The third-order valence-corrected chi connectivity index (χ3v) is 2.19. The summed E-state index contributed by atoms with van der Waals surface area (Å²) in [5.41, 5.74) is 5.38. The Bertz CT molecular complexity index is 330. The molecule has 1 heterocycles. The molecule has 0 fully saturated rings. The summed E-state index contributed by atoms with van der Waals surface area (Å²) in [5.74, 6) is 0.263. The molecule has 16 heavy (non-hydrogen) atoms. The van der Waals surface area contributed by atoms with Crippen LogP contribution in [-0.2, 0) is 11.3 Å². The van der Waals surface area contributed by atoms with E-state index in [9.17, 15) is 4.79 Å². The molecule has 0 aliphatic rings. The minimum absolute atomic E-state index is 0.0635. The van der Waals surface area contributed by atoms with Crippen LogP contribution < -0.4 is 5.73 Å². The number of nitrogen functional groups attached to an aromatic ring is 1. The number of rotatable bonds is 6. The molecule has 1 rings (SSSR count). The van der Waals surface area contributed by atoms with Gasteiger partial charge in [-0.2, -0.15) is 0 Å². The lowest BCUT2D eigenvalue weighted by molar-refractivity contribution is -0.132. The van der Waals surface area contributed by atoms with Crippen LogP contribution in [0.4, 0.5) is 5.95 Å². The van der Waals surface area contributed by atoms with Crippen LogP contribution in [-0.4, -0.2) is 38.7 Å². The first-order valence-electron chi connectivity index (χ1n) is 5.60. The van der Waals surface area contributed by atoms with Gasteiger partial charge in [0.05, 0.1) is 0 Å². The second kappa shape index (κ2) is 6.09. The third-order valence-electron chi connectivity index (χ3n) is 2.19. The monoisotopic (exact) mass is 225 g/mol. The maximum Gasteiger partial charge on any atom is 0.244 e. The van der Waals surface area contributed by atoms with Gasteiger partial charge in [-0.05, 0) is 12.8 Å². The van der Waals surface area contributed by atoms with E-state index in [2.05, 4.69) is 23.9 Å². The summed E-state index contributed by atoms with van der Waals surface area (Å²) in [6.07, 6.45) is 3.40. The van der Waals surface area contributed by atoms with Gasteiger partial charge in [-0.25, -0.2) is 9.67 Å². The highest BCUT2D eigenvalue weighted by atomic mass is 16.2. The summed E-state index contributed by atoms with van der Waals surface area (Å²) in [6.45, 7) is 5.91. The molecule has 0 radical (unpaired) electrons. The van der Waals surface area contributed by atoms with Gasteiger partial charge in [0.1, 0.15) is 12.9 Å². The topological polar surface area (TPSA) is 77.0 Å². The Morgan fingerprint density at radius 3 is 2.50 bits per heavy atom. The van der Waals surface area contributed by atoms with Crippen LogP contribution in [0, 0.1) is 0 Å². The van der Waals surface area contributed by atoms with Gasteiger partial charge < -0.3 is 10.6 Å². The third kappa shape index (κ3) is 3.52. The largest absolute Gasteiger partial charge is 0.367 e. The fourth-order valence-electron chi connectivity index (χ4n) is 1.52.